The molecule has 156 valence electrons. The first-order valence-corrected chi connectivity index (χ1v) is 9.48. The summed E-state index contributed by atoms with van der Waals surface area (Å²) in [6.07, 6.45) is 5.94. The zero-order valence-electron chi connectivity index (χ0n) is 17.3. The van der Waals surface area contributed by atoms with Gasteiger partial charge in [0.15, 0.2) is 0 Å². The minimum Gasteiger partial charge on any atom is -0.486 e. The standard InChI is InChI=1S/C24H23FO5/c1-6-14-9-16(10-18-21(14)30-24(4,5)13-23(18,2)3)22(28)29-17-8-7-15(11-20(26)27)19(25)12-17/h1,7-10,12H,11,13H2,2-5H3,(H,26,27). The van der Waals surface area contributed by atoms with Gasteiger partial charge in [0.05, 0.1) is 17.5 Å². The van der Waals surface area contributed by atoms with Crippen LogP contribution in [-0.2, 0) is 16.6 Å². The second-order valence-electron chi connectivity index (χ2n) is 8.68. The average Bonchev–Trinajstić information content (AvgIpc) is 2.61. The van der Waals surface area contributed by atoms with E-state index in [0.717, 1.165) is 18.1 Å². The number of ether oxygens (including phenoxy) is 2. The molecule has 5 nitrogen and oxygen atoms in total. The van der Waals surface area contributed by atoms with E-state index in [9.17, 15) is 14.0 Å². The molecular weight excluding hydrogens is 387 g/mol. The van der Waals surface area contributed by atoms with Gasteiger partial charge in [-0.2, -0.15) is 0 Å². The van der Waals surface area contributed by atoms with Crippen LogP contribution in [0.2, 0.25) is 0 Å². The molecule has 0 fully saturated rings. The fourth-order valence-electron chi connectivity index (χ4n) is 4.00. The smallest absolute Gasteiger partial charge is 0.343 e. The minimum absolute atomic E-state index is 0.00668. The number of aliphatic carboxylic acids is 1. The van der Waals surface area contributed by atoms with Crippen LogP contribution >= 0.6 is 0 Å². The third-order valence-corrected chi connectivity index (χ3v) is 5.03. The third kappa shape index (κ3) is 4.30. The lowest BCUT2D eigenvalue weighted by Crippen LogP contribution is -2.41. The molecule has 3 rings (SSSR count). The maximum Gasteiger partial charge on any atom is 0.343 e. The van der Waals surface area contributed by atoms with Crippen molar-refractivity contribution in [2.75, 3.05) is 0 Å². The van der Waals surface area contributed by atoms with Crippen molar-refractivity contribution in [2.24, 2.45) is 0 Å². The Bertz CT molecular complexity index is 1080. The molecule has 0 unspecified atom stereocenters. The van der Waals surface area contributed by atoms with Crippen molar-refractivity contribution in [1.82, 2.24) is 0 Å². The Hall–Kier alpha value is -3.33. The van der Waals surface area contributed by atoms with Crippen LogP contribution in [0.5, 0.6) is 11.5 Å². The fourth-order valence-corrected chi connectivity index (χ4v) is 4.00. The van der Waals surface area contributed by atoms with Gasteiger partial charge in [-0.1, -0.05) is 25.8 Å². The van der Waals surface area contributed by atoms with Crippen LogP contribution in [0, 0.1) is 18.2 Å². The van der Waals surface area contributed by atoms with Gasteiger partial charge in [-0.05, 0) is 49.4 Å². The van der Waals surface area contributed by atoms with Gasteiger partial charge in [-0.25, -0.2) is 9.18 Å². The number of rotatable bonds is 4. The van der Waals surface area contributed by atoms with Crippen molar-refractivity contribution in [3.05, 3.63) is 58.4 Å². The number of esters is 1. The third-order valence-electron chi connectivity index (χ3n) is 5.03. The second kappa shape index (κ2) is 7.49. The maximum absolute atomic E-state index is 14.1. The Morgan fingerprint density at radius 2 is 1.93 bits per heavy atom. The highest BCUT2D eigenvalue weighted by Gasteiger charge is 2.40. The number of carbonyl (C=O) groups is 2. The predicted octanol–water partition coefficient (Wildman–Crippen LogP) is 4.49. The summed E-state index contributed by atoms with van der Waals surface area (Å²) in [5.74, 6) is 0.534. The molecule has 0 atom stereocenters. The molecule has 0 bridgehead atoms. The Kier molecular flexibility index (Phi) is 5.34. The van der Waals surface area contributed by atoms with E-state index in [0.29, 0.717) is 11.3 Å². The number of fused-ring (bicyclic) bond motifs is 1. The maximum atomic E-state index is 14.1. The molecule has 0 amide bonds. The topological polar surface area (TPSA) is 72.8 Å². The molecule has 0 spiro atoms. The van der Waals surface area contributed by atoms with Crippen LogP contribution in [-0.4, -0.2) is 22.6 Å². The van der Waals surface area contributed by atoms with Crippen molar-refractivity contribution in [1.29, 1.82) is 0 Å². The molecule has 0 aromatic heterocycles. The summed E-state index contributed by atoms with van der Waals surface area (Å²) in [7, 11) is 0. The molecule has 1 heterocycles. The van der Waals surface area contributed by atoms with E-state index < -0.39 is 29.8 Å². The van der Waals surface area contributed by atoms with Crippen molar-refractivity contribution >= 4 is 11.9 Å². The number of hydrogen-bond acceptors (Lipinski definition) is 4. The number of carboxylic acids is 1. The molecule has 6 heteroatoms. The van der Waals surface area contributed by atoms with Crippen LogP contribution in [0.15, 0.2) is 30.3 Å². The van der Waals surface area contributed by atoms with Gasteiger partial charge in [0.25, 0.3) is 0 Å². The highest BCUT2D eigenvalue weighted by atomic mass is 19.1. The van der Waals surface area contributed by atoms with E-state index in [-0.39, 0.29) is 22.3 Å². The number of halogens is 1. The lowest BCUT2D eigenvalue weighted by Gasteiger charge is -2.43. The molecule has 1 N–H and O–H groups in total. The van der Waals surface area contributed by atoms with E-state index in [1.807, 2.05) is 13.8 Å². The minimum atomic E-state index is -1.15. The van der Waals surface area contributed by atoms with Crippen LogP contribution in [0.25, 0.3) is 0 Å². The van der Waals surface area contributed by atoms with E-state index in [1.54, 1.807) is 6.07 Å². The summed E-state index contributed by atoms with van der Waals surface area (Å²) in [5, 5.41) is 8.80. The van der Waals surface area contributed by atoms with Crippen LogP contribution in [0.4, 0.5) is 4.39 Å². The molecule has 0 saturated heterocycles. The van der Waals surface area contributed by atoms with Gasteiger partial charge in [0, 0.05) is 11.6 Å². The van der Waals surface area contributed by atoms with Crippen molar-refractivity contribution in [2.45, 2.75) is 51.6 Å². The highest BCUT2D eigenvalue weighted by molar-refractivity contribution is 5.92. The van der Waals surface area contributed by atoms with E-state index in [2.05, 4.69) is 19.8 Å². The van der Waals surface area contributed by atoms with Gasteiger partial charge >= 0.3 is 11.9 Å². The van der Waals surface area contributed by atoms with E-state index >= 15 is 0 Å². The summed E-state index contributed by atoms with van der Waals surface area (Å²) in [6, 6.07) is 6.85. The lowest BCUT2D eigenvalue weighted by atomic mass is 9.72. The molecule has 2 aromatic carbocycles. The first kappa shape index (κ1) is 21.4. The molecule has 0 radical (unpaired) electrons. The molecule has 0 saturated carbocycles. The van der Waals surface area contributed by atoms with Crippen LogP contribution in [0.3, 0.4) is 0 Å². The largest absolute Gasteiger partial charge is 0.486 e. The van der Waals surface area contributed by atoms with Gasteiger partial charge in [-0.3, -0.25) is 4.79 Å². The van der Waals surface area contributed by atoms with E-state index in [1.165, 1.54) is 18.2 Å². The lowest BCUT2D eigenvalue weighted by molar-refractivity contribution is -0.136. The molecule has 1 aliphatic rings. The zero-order chi connectivity index (χ0) is 22.3. The van der Waals surface area contributed by atoms with Gasteiger partial charge < -0.3 is 14.6 Å². The number of carbonyl (C=O) groups excluding carboxylic acids is 1. The number of hydrogen-bond donors (Lipinski definition) is 1. The molecule has 30 heavy (non-hydrogen) atoms. The summed E-state index contributed by atoms with van der Waals surface area (Å²) in [6.45, 7) is 8.09. The summed E-state index contributed by atoms with van der Waals surface area (Å²) < 4.78 is 25.5. The number of benzene rings is 2. The van der Waals surface area contributed by atoms with Gasteiger partial charge in [-0.15, -0.1) is 6.42 Å². The first-order chi connectivity index (χ1) is 13.9. The van der Waals surface area contributed by atoms with Crippen molar-refractivity contribution in [3.63, 3.8) is 0 Å². The van der Waals surface area contributed by atoms with Crippen LogP contribution < -0.4 is 9.47 Å². The number of terminal acetylenes is 1. The summed E-state index contributed by atoms with van der Waals surface area (Å²) in [4.78, 5) is 23.5. The Morgan fingerprint density at radius 1 is 1.23 bits per heavy atom. The van der Waals surface area contributed by atoms with Gasteiger partial charge in [0.1, 0.15) is 22.9 Å². The fraction of sp³-hybridized carbons (Fsp3) is 0.333. The van der Waals surface area contributed by atoms with Gasteiger partial charge in [0.2, 0.25) is 0 Å². The summed E-state index contributed by atoms with van der Waals surface area (Å²) >= 11 is 0. The molecule has 1 aliphatic heterocycles. The SMILES string of the molecule is C#Cc1cc(C(=O)Oc2ccc(CC(=O)O)c(F)c2)cc2c1OC(C)(C)CC2(C)C. The van der Waals surface area contributed by atoms with Crippen molar-refractivity contribution < 1.29 is 28.6 Å². The molecular formula is C24H23FO5. The molecule has 2 aromatic rings. The molecule has 0 aliphatic carbocycles. The first-order valence-electron chi connectivity index (χ1n) is 9.48. The number of carboxylic acid groups (broad SMARTS) is 1. The summed E-state index contributed by atoms with van der Waals surface area (Å²) in [5.41, 5.74) is 0.805. The highest BCUT2D eigenvalue weighted by Crippen LogP contribution is 2.46. The predicted molar refractivity (Wildman–Crippen MR) is 109 cm³/mol. The van der Waals surface area contributed by atoms with Crippen molar-refractivity contribution in [3.8, 4) is 23.8 Å². The average molecular weight is 410 g/mol. The Balaban J connectivity index is 1.94. The Morgan fingerprint density at radius 3 is 2.53 bits per heavy atom. The monoisotopic (exact) mass is 410 g/mol. The quantitative estimate of drug-likeness (QED) is 0.457. The Labute approximate surface area is 174 Å². The van der Waals surface area contributed by atoms with Crippen LogP contribution in [0.1, 0.15) is 61.2 Å². The second-order valence-corrected chi connectivity index (χ2v) is 8.68. The van der Waals surface area contributed by atoms with E-state index in [4.69, 9.17) is 21.0 Å². The zero-order valence-corrected chi connectivity index (χ0v) is 17.3. The normalized spacial score (nSPS) is 16.0.